The monoisotopic (exact) mass is 761 g/mol. The maximum Gasteiger partial charge on any atom is 0.329 e. The predicted octanol–water partition coefficient (Wildman–Crippen LogP) is 0.797. The lowest BCUT2D eigenvalue weighted by molar-refractivity contribution is -0.163. The number of aryl methyl sites for hydroxylation is 1. The normalized spacial score (nSPS) is 28.5. The average molecular weight is 762 g/mol. The van der Waals surface area contributed by atoms with Gasteiger partial charge in [0.1, 0.15) is 48.1 Å². The lowest BCUT2D eigenvalue weighted by Crippen LogP contribution is -2.63. The molecule has 0 aliphatic carbocycles. The van der Waals surface area contributed by atoms with Crippen LogP contribution in [0.5, 0.6) is 0 Å². The molecule has 6 rings (SSSR count). The second kappa shape index (κ2) is 17.0. The molecule has 4 aliphatic heterocycles. The second-order valence-electron chi connectivity index (χ2n) is 15.4. The number of hydrogen-bond donors (Lipinski definition) is 3. The van der Waals surface area contributed by atoms with Crippen LogP contribution >= 0.6 is 0 Å². The minimum absolute atomic E-state index is 0.0562. The van der Waals surface area contributed by atoms with Gasteiger partial charge in [0, 0.05) is 32.1 Å². The fourth-order valence-corrected chi connectivity index (χ4v) is 8.19. The van der Waals surface area contributed by atoms with Gasteiger partial charge < -0.3 is 39.9 Å². The number of nitrogens with zero attached hydrogens (tertiary/aromatic N) is 4. The molecule has 4 saturated heterocycles. The number of nitrogens with one attached hydrogen (secondary N) is 3. The van der Waals surface area contributed by atoms with Crippen molar-refractivity contribution in [2.24, 2.45) is 5.92 Å². The maximum absolute atomic E-state index is 14.7. The van der Waals surface area contributed by atoms with E-state index < -0.39 is 83.8 Å². The molecule has 0 spiro atoms. The zero-order chi connectivity index (χ0) is 39.4. The number of cyclic esters (lactones) is 1. The third-order valence-corrected chi connectivity index (χ3v) is 11.0. The summed E-state index contributed by atoms with van der Waals surface area (Å²) in [4.78, 5) is 102. The van der Waals surface area contributed by atoms with E-state index in [1.54, 1.807) is 44.2 Å². The summed E-state index contributed by atoms with van der Waals surface area (Å²) in [7, 11) is 0. The molecule has 0 saturated carbocycles. The Morgan fingerprint density at radius 1 is 0.891 bits per heavy atom. The Bertz CT molecular complexity index is 1780. The number of carbonyl (C=O) groups excluding carboxylic acids is 7. The van der Waals surface area contributed by atoms with Crippen molar-refractivity contribution in [2.45, 2.75) is 121 Å². The van der Waals surface area contributed by atoms with E-state index >= 15 is 0 Å². The van der Waals surface area contributed by atoms with Crippen molar-refractivity contribution >= 4 is 41.4 Å². The van der Waals surface area contributed by atoms with Gasteiger partial charge in [-0.1, -0.05) is 42.4 Å². The third kappa shape index (κ3) is 9.00. The Kier molecular flexibility index (Phi) is 12.2. The molecule has 296 valence electrons. The fraction of sp³-hybridized carbons (Fsp3) is 0.590. The van der Waals surface area contributed by atoms with Crippen molar-refractivity contribution in [3.05, 3.63) is 53.4 Å². The van der Waals surface area contributed by atoms with Gasteiger partial charge in [0.2, 0.25) is 35.4 Å². The number of rotatable bonds is 7. The number of esters is 1. The smallest absolute Gasteiger partial charge is 0.329 e. The molecule has 4 fully saturated rings. The van der Waals surface area contributed by atoms with Gasteiger partial charge in [-0.3, -0.25) is 28.8 Å². The molecule has 16 nitrogen and oxygen atoms in total. The number of benzene rings is 1. The van der Waals surface area contributed by atoms with E-state index in [9.17, 15) is 33.6 Å². The Morgan fingerprint density at radius 2 is 1.60 bits per heavy atom. The van der Waals surface area contributed by atoms with Crippen LogP contribution in [0.1, 0.15) is 76.3 Å². The van der Waals surface area contributed by atoms with Crippen molar-refractivity contribution in [3.8, 4) is 0 Å². The lowest BCUT2D eigenvalue weighted by Gasteiger charge is -2.39. The number of amides is 6. The van der Waals surface area contributed by atoms with Crippen molar-refractivity contribution in [3.63, 3.8) is 0 Å². The van der Waals surface area contributed by atoms with Crippen LogP contribution in [0.4, 0.5) is 0 Å². The summed E-state index contributed by atoms with van der Waals surface area (Å²) in [6.45, 7) is 7.42. The molecular weight excluding hydrogens is 710 g/mol. The van der Waals surface area contributed by atoms with Crippen molar-refractivity contribution < 1.29 is 42.8 Å². The summed E-state index contributed by atoms with van der Waals surface area (Å²) >= 11 is 0. The van der Waals surface area contributed by atoms with Gasteiger partial charge in [0.25, 0.3) is 0 Å². The number of carbonyl (C=O) groups is 7. The molecule has 3 N–H and O–H groups in total. The highest BCUT2D eigenvalue weighted by Crippen LogP contribution is 2.29. The molecule has 4 aliphatic rings. The highest BCUT2D eigenvalue weighted by atomic mass is 16.5. The Hall–Kier alpha value is -5.28. The van der Waals surface area contributed by atoms with E-state index in [0.717, 1.165) is 5.56 Å². The largest absolute Gasteiger partial charge is 0.458 e. The molecular formula is C39H51N7O9. The predicted molar refractivity (Wildman–Crippen MR) is 195 cm³/mol. The van der Waals surface area contributed by atoms with E-state index in [2.05, 4.69) is 21.1 Å². The lowest BCUT2D eigenvalue weighted by atomic mass is 9.99. The first kappa shape index (κ1) is 39.4. The topological polar surface area (TPSA) is 201 Å². The average Bonchev–Trinajstić information content (AvgIpc) is 3.92. The summed E-state index contributed by atoms with van der Waals surface area (Å²) in [5, 5.41) is 12.2. The number of piperidine rings is 1. The molecule has 5 heterocycles. The fourth-order valence-electron chi connectivity index (χ4n) is 8.19. The van der Waals surface area contributed by atoms with Gasteiger partial charge in [-0.25, -0.2) is 4.79 Å². The number of fused-ring (bicyclic) bond motifs is 3. The van der Waals surface area contributed by atoms with Crippen molar-refractivity contribution in [1.82, 2.24) is 35.8 Å². The van der Waals surface area contributed by atoms with Gasteiger partial charge in [0.15, 0.2) is 0 Å². The molecule has 0 bridgehead atoms. The summed E-state index contributed by atoms with van der Waals surface area (Å²) < 4.78 is 11.0. The van der Waals surface area contributed by atoms with E-state index in [-0.39, 0.29) is 31.8 Å². The molecule has 2 aromatic rings. The molecule has 1 aromatic heterocycles. The van der Waals surface area contributed by atoms with Crippen molar-refractivity contribution in [2.75, 3.05) is 19.6 Å². The molecule has 55 heavy (non-hydrogen) atoms. The van der Waals surface area contributed by atoms with Crippen LogP contribution in [0.25, 0.3) is 0 Å². The first-order valence-corrected chi connectivity index (χ1v) is 19.3. The van der Waals surface area contributed by atoms with Crippen LogP contribution in [0.2, 0.25) is 0 Å². The van der Waals surface area contributed by atoms with Crippen LogP contribution in [-0.2, 0) is 51.1 Å². The summed E-state index contributed by atoms with van der Waals surface area (Å²) in [5.41, 5.74) is 1.12. The SMILES string of the molecule is Cc1cc(CC(=O)N[C@@H](Cc2ccccc2)C(=O)N[C@@H]2C(=O)N3CCC[C@H]3C(=O)N3CCCC[C@H]3C(=O)N[C@@H](C)C(=O)N3C[C@H](C)C[C@H]3C(=O)O[C@H]2C)no1. The molecule has 8 atom stereocenters. The van der Waals surface area contributed by atoms with Crippen molar-refractivity contribution in [1.29, 1.82) is 0 Å². The van der Waals surface area contributed by atoms with E-state index in [1.165, 1.54) is 21.6 Å². The molecule has 1 aromatic carbocycles. The van der Waals surface area contributed by atoms with Gasteiger partial charge >= 0.3 is 5.97 Å². The third-order valence-electron chi connectivity index (χ3n) is 11.0. The maximum atomic E-state index is 14.7. The summed E-state index contributed by atoms with van der Waals surface area (Å²) in [6, 6.07) is 4.32. The van der Waals surface area contributed by atoms with Gasteiger partial charge in [0.05, 0.1) is 12.1 Å². The van der Waals surface area contributed by atoms with Crippen LogP contribution < -0.4 is 16.0 Å². The van der Waals surface area contributed by atoms with Crippen LogP contribution in [0, 0.1) is 12.8 Å². The first-order chi connectivity index (χ1) is 26.3. The summed E-state index contributed by atoms with van der Waals surface area (Å²) in [5.74, 6) is -3.46. The molecule has 6 amide bonds. The van der Waals surface area contributed by atoms with Gasteiger partial charge in [-0.15, -0.1) is 0 Å². The van der Waals surface area contributed by atoms with Gasteiger partial charge in [-0.05, 0) is 70.8 Å². The number of aromatic nitrogens is 1. The van der Waals surface area contributed by atoms with Gasteiger partial charge in [-0.2, -0.15) is 0 Å². The standard InChI is InChI=1S/C39H51N7O9/c1-22-17-31-39(53)54-25(4)33(42-34(48)28(19-26-11-6-5-7-12-26)41-32(47)20-27-18-23(2)55-43-27)38(52)45-16-10-14-30(45)37(51)44-15-9-8-13-29(44)35(49)40-24(3)36(50)46(31)21-22/h5-7,11-12,18,22,24-25,28-31,33H,8-10,13-17,19-21H2,1-4H3,(H,40,49)(H,41,47)(H,42,48)/t22-,24+,25+,28+,29+,30+,31+,33+/m1/s1. The van der Waals surface area contributed by atoms with Crippen LogP contribution in [0.3, 0.4) is 0 Å². The van der Waals surface area contributed by atoms with E-state index in [0.29, 0.717) is 56.5 Å². The van der Waals surface area contributed by atoms with Crippen LogP contribution in [0.15, 0.2) is 40.9 Å². The molecule has 16 heteroatoms. The van der Waals surface area contributed by atoms with Crippen LogP contribution in [-0.4, -0.2) is 123 Å². The van der Waals surface area contributed by atoms with E-state index in [1.807, 2.05) is 13.0 Å². The highest BCUT2D eigenvalue weighted by Gasteiger charge is 2.47. The second-order valence-corrected chi connectivity index (χ2v) is 15.4. The Balaban J connectivity index is 1.32. The first-order valence-electron chi connectivity index (χ1n) is 19.3. The Labute approximate surface area is 320 Å². The minimum atomic E-state index is -1.46. The number of ether oxygens (including phenoxy) is 1. The quantitative estimate of drug-likeness (QED) is 0.339. The molecule has 0 unspecified atom stereocenters. The Morgan fingerprint density at radius 3 is 2.33 bits per heavy atom. The zero-order valence-electron chi connectivity index (χ0n) is 31.8. The molecule has 0 radical (unpaired) electrons. The summed E-state index contributed by atoms with van der Waals surface area (Å²) in [6.07, 6.45) is 1.59. The number of hydrogen-bond acceptors (Lipinski definition) is 10. The zero-order valence-corrected chi connectivity index (χ0v) is 31.8. The van der Waals surface area contributed by atoms with E-state index in [4.69, 9.17) is 9.26 Å². The minimum Gasteiger partial charge on any atom is -0.458 e. The highest BCUT2D eigenvalue weighted by molar-refractivity contribution is 5.98.